The van der Waals surface area contributed by atoms with Crippen molar-refractivity contribution in [2.75, 3.05) is 37.5 Å². The van der Waals surface area contributed by atoms with Crippen molar-refractivity contribution in [2.45, 2.75) is 19.4 Å². The molecule has 0 radical (unpaired) electrons. The number of hydrogen-bond donors (Lipinski definition) is 2. The van der Waals surface area contributed by atoms with E-state index in [0.717, 1.165) is 29.2 Å². The Morgan fingerprint density at radius 3 is 2.80 bits per heavy atom. The summed E-state index contributed by atoms with van der Waals surface area (Å²) in [6, 6.07) is 11.9. The number of rotatable bonds is 10. The van der Waals surface area contributed by atoms with Gasteiger partial charge in [0.15, 0.2) is 0 Å². The minimum atomic E-state index is -0.778. The van der Waals surface area contributed by atoms with Crippen LogP contribution in [0.4, 0.5) is 11.5 Å². The van der Waals surface area contributed by atoms with Crippen LogP contribution in [-0.2, 0) is 22.5 Å². The number of aryl methyl sites for hydroxylation is 1. The average Bonchev–Trinajstić information content (AvgIpc) is 2.63. The normalized spacial score (nSPS) is 10.5. The van der Waals surface area contributed by atoms with Crippen LogP contribution in [-0.4, -0.2) is 43.4 Å². The van der Waals surface area contributed by atoms with E-state index in [1.165, 1.54) is 0 Å². The fourth-order valence-electron chi connectivity index (χ4n) is 2.38. The minimum absolute atomic E-state index is 0.144. The summed E-state index contributed by atoms with van der Waals surface area (Å²) < 4.78 is 5.07. The SMILES string of the molecule is COCCN(C)c1ccc(CNc2cccc(CCC(=O)O)c2)cn1. The molecule has 1 aromatic carbocycles. The van der Waals surface area contributed by atoms with Gasteiger partial charge in [0.05, 0.1) is 6.61 Å². The zero-order valence-electron chi connectivity index (χ0n) is 14.7. The number of ether oxygens (including phenoxy) is 1. The second kappa shape index (κ2) is 9.64. The number of likely N-dealkylation sites (N-methyl/N-ethyl adjacent to an activating group) is 1. The van der Waals surface area contributed by atoms with Crippen LogP contribution in [0.15, 0.2) is 42.6 Å². The smallest absolute Gasteiger partial charge is 0.303 e. The van der Waals surface area contributed by atoms with Crippen LogP contribution >= 0.6 is 0 Å². The van der Waals surface area contributed by atoms with Gasteiger partial charge in [0.1, 0.15) is 5.82 Å². The number of nitrogens with zero attached hydrogens (tertiary/aromatic N) is 2. The summed E-state index contributed by atoms with van der Waals surface area (Å²) in [5.41, 5.74) is 3.07. The van der Waals surface area contributed by atoms with Crippen LogP contribution < -0.4 is 10.2 Å². The number of nitrogens with one attached hydrogen (secondary N) is 1. The van der Waals surface area contributed by atoms with E-state index in [-0.39, 0.29) is 6.42 Å². The average molecular weight is 343 g/mol. The van der Waals surface area contributed by atoms with Gasteiger partial charge in [-0.2, -0.15) is 0 Å². The maximum Gasteiger partial charge on any atom is 0.303 e. The van der Waals surface area contributed by atoms with Crippen molar-refractivity contribution >= 4 is 17.5 Å². The van der Waals surface area contributed by atoms with Gasteiger partial charge in [-0.3, -0.25) is 4.79 Å². The Morgan fingerprint density at radius 1 is 1.28 bits per heavy atom. The Morgan fingerprint density at radius 2 is 2.12 bits per heavy atom. The standard InChI is InChI=1S/C19H25N3O3/c1-22(10-11-25-2)18-8-6-16(14-21-18)13-20-17-5-3-4-15(12-17)7-9-19(23)24/h3-6,8,12,14,20H,7,9-11,13H2,1-2H3,(H,23,24). The molecule has 0 fully saturated rings. The Kier molecular flexibility index (Phi) is 7.22. The zero-order chi connectivity index (χ0) is 18.1. The van der Waals surface area contributed by atoms with Crippen molar-refractivity contribution in [1.82, 2.24) is 4.98 Å². The van der Waals surface area contributed by atoms with Crippen molar-refractivity contribution in [2.24, 2.45) is 0 Å². The molecule has 0 aliphatic heterocycles. The Bertz CT molecular complexity index is 674. The molecule has 0 unspecified atom stereocenters. The summed E-state index contributed by atoms with van der Waals surface area (Å²) in [7, 11) is 3.68. The number of anilines is 2. The Balaban J connectivity index is 1.88. The van der Waals surface area contributed by atoms with Gasteiger partial charge in [0.25, 0.3) is 0 Å². The highest BCUT2D eigenvalue weighted by Crippen LogP contribution is 2.15. The third-order valence-corrected chi connectivity index (χ3v) is 3.88. The molecule has 0 saturated carbocycles. The first-order chi connectivity index (χ1) is 12.1. The van der Waals surface area contributed by atoms with Crippen molar-refractivity contribution < 1.29 is 14.6 Å². The van der Waals surface area contributed by atoms with E-state index < -0.39 is 5.97 Å². The lowest BCUT2D eigenvalue weighted by Gasteiger charge is -2.17. The second-order valence-corrected chi connectivity index (χ2v) is 5.89. The van der Waals surface area contributed by atoms with Gasteiger partial charge in [0.2, 0.25) is 0 Å². The van der Waals surface area contributed by atoms with E-state index in [2.05, 4.69) is 10.3 Å². The summed E-state index contributed by atoms with van der Waals surface area (Å²) in [6.45, 7) is 2.13. The molecule has 0 bridgehead atoms. The van der Waals surface area contributed by atoms with E-state index in [4.69, 9.17) is 9.84 Å². The molecule has 0 aliphatic rings. The maximum absolute atomic E-state index is 10.7. The lowest BCUT2D eigenvalue weighted by atomic mass is 10.1. The zero-order valence-corrected chi connectivity index (χ0v) is 14.7. The molecular formula is C19H25N3O3. The molecule has 2 N–H and O–H groups in total. The molecule has 0 atom stereocenters. The summed E-state index contributed by atoms with van der Waals surface area (Å²) in [5.74, 6) is 0.136. The fraction of sp³-hybridized carbons (Fsp3) is 0.368. The first kappa shape index (κ1) is 18.7. The van der Waals surface area contributed by atoms with Gasteiger partial charge < -0.3 is 20.1 Å². The number of aliphatic carboxylic acids is 1. The molecule has 134 valence electrons. The molecule has 1 heterocycles. The van der Waals surface area contributed by atoms with E-state index in [1.54, 1.807) is 7.11 Å². The number of benzene rings is 1. The Hall–Kier alpha value is -2.60. The molecule has 6 nitrogen and oxygen atoms in total. The highest BCUT2D eigenvalue weighted by atomic mass is 16.5. The molecule has 6 heteroatoms. The molecule has 2 rings (SSSR count). The summed E-state index contributed by atoms with van der Waals surface area (Å²) in [6.07, 6.45) is 2.54. The van der Waals surface area contributed by atoms with Crippen molar-refractivity contribution in [3.8, 4) is 0 Å². The largest absolute Gasteiger partial charge is 0.481 e. The van der Waals surface area contributed by atoms with Gasteiger partial charge in [-0.1, -0.05) is 18.2 Å². The lowest BCUT2D eigenvalue weighted by Crippen LogP contribution is -2.22. The quantitative estimate of drug-likeness (QED) is 0.691. The maximum atomic E-state index is 10.7. The number of carbonyl (C=O) groups is 1. The summed E-state index contributed by atoms with van der Waals surface area (Å²) >= 11 is 0. The van der Waals surface area contributed by atoms with E-state index in [9.17, 15) is 4.79 Å². The molecule has 0 amide bonds. The number of pyridine rings is 1. The van der Waals surface area contributed by atoms with Crippen LogP contribution in [0, 0.1) is 0 Å². The van der Waals surface area contributed by atoms with Crippen molar-refractivity contribution in [3.63, 3.8) is 0 Å². The van der Waals surface area contributed by atoms with Crippen molar-refractivity contribution in [3.05, 3.63) is 53.7 Å². The third-order valence-electron chi connectivity index (χ3n) is 3.88. The highest BCUT2D eigenvalue weighted by molar-refractivity contribution is 5.67. The van der Waals surface area contributed by atoms with E-state index >= 15 is 0 Å². The van der Waals surface area contributed by atoms with Gasteiger partial charge in [-0.15, -0.1) is 0 Å². The molecule has 0 spiro atoms. The third kappa shape index (κ3) is 6.43. The number of carboxylic acid groups (broad SMARTS) is 1. The molecular weight excluding hydrogens is 318 g/mol. The van der Waals surface area contributed by atoms with Crippen LogP contribution in [0.1, 0.15) is 17.5 Å². The Labute approximate surface area is 148 Å². The predicted molar refractivity (Wildman–Crippen MR) is 99.1 cm³/mol. The molecule has 0 saturated heterocycles. The van der Waals surface area contributed by atoms with Gasteiger partial charge in [-0.05, 0) is 35.7 Å². The van der Waals surface area contributed by atoms with Crippen LogP contribution in [0.5, 0.6) is 0 Å². The summed E-state index contributed by atoms with van der Waals surface area (Å²) in [4.78, 5) is 17.2. The number of aromatic nitrogens is 1. The number of carboxylic acids is 1. The van der Waals surface area contributed by atoms with Gasteiger partial charge in [0, 0.05) is 45.6 Å². The van der Waals surface area contributed by atoms with Crippen LogP contribution in [0.3, 0.4) is 0 Å². The minimum Gasteiger partial charge on any atom is -0.481 e. The molecule has 0 aliphatic carbocycles. The van der Waals surface area contributed by atoms with Gasteiger partial charge in [-0.25, -0.2) is 4.98 Å². The first-order valence-electron chi connectivity index (χ1n) is 8.28. The van der Waals surface area contributed by atoms with Crippen LogP contribution in [0.2, 0.25) is 0 Å². The summed E-state index contributed by atoms with van der Waals surface area (Å²) in [5, 5.41) is 12.1. The lowest BCUT2D eigenvalue weighted by molar-refractivity contribution is -0.136. The topological polar surface area (TPSA) is 74.7 Å². The second-order valence-electron chi connectivity index (χ2n) is 5.89. The van der Waals surface area contributed by atoms with E-state index in [0.29, 0.717) is 19.6 Å². The van der Waals surface area contributed by atoms with E-state index in [1.807, 2.05) is 54.5 Å². The molecule has 25 heavy (non-hydrogen) atoms. The first-order valence-corrected chi connectivity index (χ1v) is 8.28. The molecule has 1 aromatic heterocycles. The monoisotopic (exact) mass is 343 g/mol. The predicted octanol–water partition coefficient (Wildman–Crippen LogP) is 2.79. The van der Waals surface area contributed by atoms with Crippen molar-refractivity contribution in [1.29, 1.82) is 0 Å². The highest BCUT2D eigenvalue weighted by Gasteiger charge is 2.03. The molecule has 2 aromatic rings. The number of hydrogen-bond acceptors (Lipinski definition) is 5. The van der Waals surface area contributed by atoms with Gasteiger partial charge >= 0.3 is 5.97 Å². The van der Waals surface area contributed by atoms with Crippen LogP contribution in [0.25, 0.3) is 0 Å². The number of methoxy groups -OCH3 is 1. The fourth-order valence-corrected chi connectivity index (χ4v) is 2.38.